The minimum atomic E-state index is -0.733. The maximum absolute atomic E-state index is 12.4. The van der Waals surface area contributed by atoms with Gasteiger partial charge in [-0.2, -0.15) is 0 Å². The van der Waals surface area contributed by atoms with Gasteiger partial charge in [-0.3, -0.25) is 9.59 Å². The van der Waals surface area contributed by atoms with Crippen LogP contribution < -0.4 is 5.73 Å². The van der Waals surface area contributed by atoms with Crippen LogP contribution >= 0.6 is 0 Å². The number of carbonyl (C=O) groups excluding carboxylic acids is 2. The molecule has 5 heteroatoms. The average molecular weight is 267 g/mol. The van der Waals surface area contributed by atoms with E-state index in [2.05, 4.69) is 0 Å². The van der Waals surface area contributed by atoms with Crippen molar-refractivity contribution in [2.75, 3.05) is 26.2 Å². The van der Waals surface area contributed by atoms with Crippen molar-refractivity contribution in [3.05, 3.63) is 0 Å². The van der Waals surface area contributed by atoms with Crippen LogP contribution in [0, 0.1) is 5.92 Å². The smallest absolute Gasteiger partial charge is 0.242 e. The first-order valence-electron chi connectivity index (χ1n) is 7.39. The summed E-state index contributed by atoms with van der Waals surface area (Å²) in [6.07, 6.45) is 3.39. The molecule has 2 fully saturated rings. The Morgan fingerprint density at radius 3 is 1.95 bits per heavy atom. The lowest BCUT2D eigenvalue weighted by molar-refractivity contribution is -0.143. The fourth-order valence-corrected chi connectivity index (χ4v) is 2.59. The topological polar surface area (TPSA) is 66.6 Å². The minimum absolute atomic E-state index is 0.0380. The van der Waals surface area contributed by atoms with Crippen LogP contribution in [0.15, 0.2) is 0 Å². The second-order valence-electron chi connectivity index (χ2n) is 5.76. The summed E-state index contributed by atoms with van der Waals surface area (Å²) in [7, 11) is 0. The van der Waals surface area contributed by atoms with Gasteiger partial charge in [0.1, 0.15) is 0 Å². The van der Waals surface area contributed by atoms with E-state index in [1.807, 2.05) is 23.6 Å². The number of hydrogen-bond acceptors (Lipinski definition) is 3. The SMILES string of the molecule is CCC(N)(CC)C(=O)N1CCN(C(=O)C2CC2)CC1. The van der Waals surface area contributed by atoms with E-state index in [4.69, 9.17) is 5.73 Å². The molecule has 0 aromatic heterocycles. The molecule has 0 bridgehead atoms. The first-order valence-corrected chi connectivity index (χ1v) is 7.39. The lowest BCUT2D eigenvalue weighted by atomic mass is 9.92. The molecule has 19 heavy (non-hydrogen) atoms. The molecule has 0 radical (unpaired) electrons. The van der Waals surface area contributed by atoms with E-state index in [-0.39, 0.29) is 17.7 Å². The monoisotopic (exact) mass is 267 g/mol. The summed E-state index contributed by atoms with van der Waals surface area (Å²) in [5, 5.41) is 0. The molecule has 2 N–H and O–H groups in total. The van der Waals surface area contributed by atoms with Gasteiger partial charge >= 0.3 is 0 Å². The van der Waals surface area contributed by atoms with Gasteiger partial charge in [-0.05, 0) is 25.7 Å². The number of carbonyl (C=O) groups is 2. The highest BCUT2D eigenvalue weighted by Crippen LogP contribution is 2.31. The van der Waals surface area contributed by atoms with E-state index in [0.29, 0.717) is 39.0 Å². The fourth-order valence-electron chi connectivity index (χ4n) is 2.59. The van der Waals surface area contributed by atoms with Gasteiger partial charge in [-0.15, -0.1) is 0 Å². The number of rotatable bonds is 4. The second kappa shape index (κ2) is 5.49. The lowest BCUT2D eigenvalue weighted by Crippen LogP contribution is -2.59. The Morgan fingerprint density at radius 2 is 1.53 bits per heavy atom. The van der Waals surface area contributed by atoms with Crippen LogP contribution in [-0.4, -0.2) is 53.3 Å². The van der Waals surface area contributed by atoms with Crippen molar-refractivity contribution in [1.29, 1.82) is 0 Å². The molecule has 5 nitrogen and oxygen atoms in total. The van der Waals surface area contributed by atoms with Crippen molar-refractivity contribution in [2.24, 2.45) is 11.7 Å². The molecule has 1 aliphatic carbocycles. The molecule has 1 saturated carbocycles. The Balaban J connectivity index is 1.88. The third-order valence-corrected chi connectivity index (χ3v) is 4.49. The Morgan fingerprint density at radius 1 is 1.05 bits per heavy atom. The van der Waals surface area contributed by atoms with Gasteiger partial charge in [0.2, 0.25) is 11.8 Å². The molecule has 0 atom stereocenters. The van der Waals surface area contributed by atoms with Crippen LogP contribution in [0.5, 0.6) is 0 Å². The van der Waals surface area contributed by atoms with Gasteiger partial charge in [0.25, 0.3) is 0 Å². The first kappa shape index (κ1) is 14.3. The summed E-state index contributed by atoms with van der Waals surface area (Å²) in [6, 6.07) is 0. The molecule has 2 amide bonds. The van der Waals surface area contributed by atoms with Gasteiger partial charge in [-0.25, -0.2) is 0 Å². The number of nitrogens with two attached hydrogens (primary N) is 1. The summed E-state index contributed by atoms with van der Waals surface area (Å²) in [5.41, 5.74) is 5.42. The predicted octanol–water partition coefficient (Wildman–Crippen LogP) is 0.585. The van der Waals surface area contributed by atoms with E-state index >= 15 is 0 Å². The van der Waals surface area contributed by atoms with Crippen molar-refractivity contribution >= 4 is 11.8 Å². The molecule has 0 unspecified atom stereocenters. The highest BCUT2D eigenvalue weighted by Gasteiger charge is 2.38. The van der Waals surface area contributed by atoms with E-state index in [9.17, 15) is 9.59 Å². The Hall–Kier alpha value is -1.10. The summed E-state index contributed by atoms with van der Waals surface area (Å²) < 4.78 is 0. The lowest BCUT2D eigenvalue weighted by Gasteiger charge is -2.39. The van der Waals surface area contributed by atoms with Crippen molar-refractivity contribution in [2.45, 2.75) is 45.1 Å². The first-order chi connectivity index (χ1) is 9.01. The molecule has 1 saturated heterocycles. The van der Waals surface area contributed by atoms with Crippen LogP contribution in [0.1, 0.15) is 39.5 Å². The van der Waals surface area contributed by atoms with Crippen molar-refractivity contribution < 1.29 is 9.59 Å². The van der Waals surface area contributed by atoms with Crippen LogP contribution in [0.4, 0.5) is 0 Å². The third kappa shape index (κ3) is 2.91. The molecular weight excluding hydrogens is 242 g/mol. The number of nitrogens with zero attached hydrogens (tertiary/aromatic N) is 2. The van der Waals surface area contributed by atoms with Crippen molar-refractivity contribution in [1.82, 2.24) is 9.80 Å². The molecule has 1 heterocycles. The number of piperazine rings is 1. The van der Waals surface area contributed by atoms with Gasteiger partial charge in [-0.1, -0.05) is 13.8 Å². The molecule has 108 valence electrons. The van der Waals surface area contributed by atoms with E-state index in [0.717, 1.165) is 12.8 Å². The van der Waals surface area contributed by atoms with E-state index in [1.165, 1.54) is 0 Å². The summed E-state index contributed by atoms with van der Waals surface area (Å²) in [5.74, 6) is 0.579. The summed E-state index contributed by atoms with van der Waals surface area (Å²) in [6.45, 7) is 6.46. The molecule has 0 aromatic rings. The zero-order valence-corrected chi connectivity index (χ0v) is 12.0. The Labute approximate surface area is 115 Å². The molecule has 1 aliphatic heterocycles. The van der Waals surface area contributed by atoms with Crippen LogP contribution in [0.3, 0.4) is 0 Å². The Bertz CT molecular complexity index is 354. The van der Waals surface area contributed by atoms with Gasteiger partial charge < -0.3 is 15.5 Å². The molecule has 2 aliphatic rings. The molecule has 2 rings (SSSR count). The fraction of sp³-hybridized carbons (Fsp3) is 0.857. The molecule has 0 spiro atoms. The summed E-state index contributed by atoms with van der Waals surface area (Å²) >= 11 is 0. The van der Waals surface area contributed by atoms with Crippen molar-refractivity contribution in [3.8, 4) is 0 Å². The van der Waals surface area contributed by atoms with E-state index < -0.39 is 5.54 Å². The van der Waals surface area contributed by atoms with Gasteiger partial charge in [0, 0.05) is 32.1 Å². The quantitative estimate of drug-likeness (QED) is 0.810. The second-order valence-corrected chi connectivity index (χ2v) is 5.76. The van der Waals surface area contributed by atoms with Crippen LogP contribution in [0.25, 0.3) is 0 Å². The minimum Gasteiger partial charge on any atom is -0.339 e. The summed E-state index contributed by atoms with van der Waals surface area (Å²) in [4.78, 5) is 28.1. The largest absolute Gasteiger partial charge is 0.339 e. The average Bonchev–Trinajstić information content (AvgIpc) is 3.29. The standard InChI is InChI=1S/C14H25N3O2/c1-3-14(15,4-2)13(19)17-9-7-16(8-10-17)12(18)11-5-6-11/h11H,3-10,15H2,1-2H3. The number of amides is 2. The molecule has 0 aromatic carbocycles. The van der Waals surface area contributed by atoms with E-state index in [1.54, 1.807) is 0 Å². The van der Waals surface area contributed by atoms with Gasteiger partial charge in [0.05, 0.1) is 5.54 Å². The maximum atomic E-state index is 12.4. The molecular formula is C14H25N3O2. The predicted molar refractivity (Wildman–Crippen MR) is 73.4 cm³/mol. The normalized spacial score (nSPS) is 20.6. The van der Waals surface area contributed by atoms with Gasteiger partial charge in [0.15, 0.2) is 0 Å². The van der Waals surface area contributed by atoms with Crippen LogP contribution in [0.2, 0.25) is 0 Å². The third-order valence-electron chi connectivity index (χ3n) is 4.49. The number of hydrogen-bond donors (Lipinski definition) is 1. The zero-order valence-electron chi connectivity index (χ0n) is 12.0. The van der Waals surface area contributed by atoms with Crippen molar-refractivity contribution in [3.63, 3.8) is 0 Å². The zero-order chi connectivity index (χ0) is 14.0. The Kier molecular flexibility index (Phi) is 4.13. The maximum Gasteiger partial charge on any atom is 0.242 e. The van der Waals surface area contributed by atoms with Crippen LogP contribution in [-0.2, 0) is 9.59 Å². The highest BCUT2D eigenvalue weighted by atomic mass is 16.2. The highest BCUT2D eigenvalue weighted by molar-refractivity contribution is 5.86.